The van der Waals surface area contributed by atoms with Gasteiger partial charge < -0.3 is 10.0 Å². The lowest BCUT2D eigenvalue weighted by Gasteiger charge is -2.35. The van der Waals surface area contributed by atoms with E-state index in [1.54, 1.807) is 4.90 Å². The van der Waals surface area contributed by atoms with Gasteiger partial charge in [-0.3, -0.25) is 9.59 Å². The van der Waals surface area contributed by atoms with E-state index in [-0.39, 0.29) is 5.91 Å². The van der Waals surface area contributed by atoms with Crippen LogP contribution in [0, 0.1) is 11.3 Å². The Labute approximate surface area is 106 Å². The lowest BCUT2D eigenvalue weighted by molar-refractivity contribution is -0.153. The molecule has 5 heteroatoms. The smallest absolute Gasteiger partial charge is 0.319 e. The number of hydrogen-bond acceptors (Lipinski definition) is 3. The summed E-state index contributed by atoms with van der Waals surface area (Å²) in [7, 11) is 0. The molecule has 2 aliphatic rings. The summed E-state index contributed by atoms with van der Waals surface area (Å²) >= 11 is 1.89. The number of carbonyl (C=O) groups is 2. The lowest BCUT2D eigenvalue weighted by Crippen LogP contribution is -2.48. The number of amides is 1. The number of thioether (sulfide) groups is 1. The number of carboxylic acid groups (broad SMARTS) is 1. The number of carboxylic acids is 1. The summed E-state index contributed by atoms with van der Waals surface area (Å²) < 4.78 is 0. The molecule has 2 rings (SSSR count). The summed E-state index contributed by atoms with van der Waals surface area (Å²) in [6, 6.07) is 0. The first-order valence-electron chi connectivity index (χ1n) is 6.12. The largest absolute Gasteiger partial charge is 0.480 e. The van der Waals surface area contributed by atoms with Crippen molar-refractivity contribution >= 4 is 23.6 Å². The molecule has 1 unspecified atom stereocenters. The summed E-state index contributed by atoms with van der Waals surface area (Å²) in [5.41, 5.74) is -1.07. The van der Waals surface area contributed by atoms with Crippen molar-refractivity contribution in [2.75, 3.05) is 18.8 Å². The SMILES string of the molecule is CC(C)C1CN(C(=O)C2(C(=O)O)CC2)CCS1. The van der Waals surface area contributed by atoms with Crippen molar-refractivity contribution in [3.8, 4) is 0 Å². The molecule has 0 aromatic rings. The van der Waals surface area contributed by atoms with Crippen LogP contribution in [-0.2, 0) is 9.59 Å². The van der Waals surface area contributed by atoms with E-state index < -0.39 is 11.4 Å². The average Bonchev–Trinajstić information content (AvgIpc) is 3.09. The van der Waals surface area contributed by atoms with Crippen molar-refractivity contribution in [1.29, 1.82) is 0 Å². The minimum Gasteiger partial charge on any atom is -0.480 e. The van der Waals surface area contributed by atoms with E-state index in [9.17, 15) is 9.59 Å². The first-order chi connectivity index (χ1) is 7.97. The summed E-state index contributed by atoms with van der Waals surface area (Å²) in [4.78, 5) is 25.1. The normalized spacial score (nSPS) is 27.0. The molecule has 4 nitrogen and oxygen atoms in total. The highest BCUT2D eigenvalue weighted by atomic mass is 32.2. The van der Waals surface area contributed by atoms with Gasteiger partial charge in [0.25, 0.3) is 0 Å². The van der Waals surface area contributed by atoms with Crippen LogP contribution in [0.5, 0.6) is 0 Å². The first kappa shape index (κ1) is 12.7. The predicted octanol–water partition coefficient (Wildman–Crippen LogP) is 1.45. The van der Waals surface area contributed by atoms with Crippen molar-refractivity contribution in [2.24, 2.45) is 11.3 Å². The molecule has 1 atom stereocenters. The van der Waals surface area contributed by atoms with Gasteiger partial charge in [-0.15, -0.1) is 0 Å². The molecule has 0 spiro atoms. The second kappa shape index (κ2) is 4.52. The zero-order valence-electron chi connectivity index (χ0n) is 10.3. The fourth-order valence-corrected chi connectivity index (χ4v) is 3.51. The third-order valence-electron chi connectivity index (χ3n) is 3.69. The maximum atomic E-state index is 12.2. The van der Waals surface area contributed by atoms with Gasteiger partial charge in [-0.25, -0.2) is 0 Å². The van der Waals surface area contributed by atoms with Crippen molar-refractivity contribution in [3.05, 3.63) is 0 Å². The molecule has 0 radical (unpaired) electrons. The molecular weight excluding hydrogens is 238 g/mol. The topological polar surface area (TPSA) is 57.6 Å². The molecule has 1 aliphatic heterocycles. The second-order valence-electron chi connectivity index (χ2n) is 5.29. The Kier molecular flexibility index (Phi) is 3.39. The van der Waals surface area contributed by atoms with Gasteiger partial charge in [0.05, 0.1) is 0 Å². The van der Waals surface area contributed by atoms with Crippen LogP contribution < -0.4 is 0 Å². The molecule has 0 aromatic carbocycles. The third kappa shape index (κ3) is 2.30. The molecule has 1 saturated carbocycles. The molecule has 1 aliphatic carbocycles. The van der Waals surface area contributed by atoms with Crippen molar-refractivity contribution in [2.45, 2.75) is 31.9 Å². The van der Waals surface area contributed by atoms with Gasteiger partial charge in [-0.2, -0.15) is 11.8 Å². The van der Waals surface area contributed by atoms with E-state index in [0.29, 0.717) is 37.1 Å². The Bertz CT molecular complexity index is 339. The van der Waals surface area contributed by atoms with Gasteiger partial charge in [-0.05, 0) is 18.8 Å². The molecule has 0 bridgehead atoms. The molecular formula is C12H19NO3S. The Morgan fingerprint density at radius 3 is 2.53 bits per heavy atom. The van der Waals surface area contributed by atoms with Gasteiger partial charge >= 0.3 is 5.97 Å². The van der Waals surface area contributed by atoms with Crippen molar-refractivity contribution < 1.29 is 14.7 Å². The number of hydrogen-bond donors (Lipinski definition) is 1. The third-order valence-corrected chi connectivity index (χ3v) is 5.23. The Morgan fingerprint density at radius 2 is 2.06 bits per heavy atom. The van der Waals surface area contributed by atoms with Crippen LogP contribution in [0.1, 0.15) is 26.7 Å². The van der Waals surface area contributed by atoms with Crippen LogP contribution in [0.3, 0.4) is 0 Å². The standard InChI is InChI=1S/C12H19NO3S/c1-8(2)9-7-13(5-6-17-9)10(14)12(3-4-12)11(15)16/h8-9H,3-7H2,1-2H3,(H,15,16). The maximum Gasteiger partial charge on any atom is 0.319 e. The second-order valence-corrected chi connectivity index (χ2v) is 6.64. The zero-order chi connectivity index (χ0) is 12.6. The van der Waals surface area contributed by atoms with Gasteiger partial charge in [0.15, 0.2) is 0 Å². The molecule has 1 heterocycles. The number of aliphatic carboxylic acids is 1. The molecule has 96 valence electrons. The summed E-state index contributed by atoms with van der Waals surface area (Å²) in [5.74, 6) is 0.345. The van der Waals surface area contributed by atoms with Gasteiger partial charge in [-0.1, -0.05) is 13.8 Å². The van der Waals surface area contributed by atoms with Crippen LogP contribution in [-0.4, -0.2) is 46.0 Å². The molecule has 17 heavy (non-hydrogen) atoms. The quantitative estimate of drug-likeness (QED) is 0.778. The number of rotatable bonds is 3. The monoisotopic (exact) mass is 257 g/mol. The minimum atomic E-state index is -1.07. The summed E-state index contributed by atoms with van der Waals surface area (Å²) in [6.07, 6.45) is 1.02. The first-order valence-corrected chi connectivity index (χ1v) is 7.16. The van der Waals surface area contributed by atoms with Crippen molar-refractivity contribution in [3.63, 3.8) is 0 Å². The van der Waals surface area contributed by atoms with E-state index in [1.807, 2.05) is 11.8 Å². The van der Waals surface area contributed by atoms with Crippen LogP contribution in [0.2, 0.25) is 0 Å². The zero-order valence-corrected chi connectivity index (χ0v) is 11.1. The average molecular weight is 257 g/mol. The Morgan fingerprint density at radius 1 is 1.41 bits per heavy atom. The summed E-state index contributed by atoms with van der Waals surface area (Å²) in [5, 5.41) is 9.57. The van der Waals surface area contributed by atoms with Gasteiger partial charge in [0.1, 0.15) is 5.41 Å². The molecule has 1 N–H and O–H groups in total. The van der Waals surface area contributed by atoms with Crippen LogP contribution in [0.25, 0.3) is 0 Å². The lowest BCUT2D eigenvalue weighted by atomic mass is 10.0. The molecule has 1 amide bonds. The van der Waals surface area contributed by atoms with Gasteiger partial charge in [0, 0.05) is 24.1 Å². The minimum absolute atomic E-state index is 0.157. The highest BCUT2D eigenvalue weighted by Crippen LogP contribution is 2.48. The molecule has 1 saturated heterocycles. The Balaban J connectivity index is 2.03. The fourth-order valence-electron chi connectivity index (χ4n) is 2.21. The summed E-state index contributed by atoms with van der Waals surface area (Å²) in [6.45, 7) is 5.70. The maximum absolute atomic E-state index is 12.2. The predicted molar refractivity (Wildman–Crippen MR) is 67.0 cm³/mol. The fraction of sp³-hybridized carbons (Fsp3) is 0.833. The van der Waals surface area contributed by atoms with E-state index in [1.165, 1.54) is 0 Å². The number of nitrogens with zero attached hydrogens (tertiary/aromatic N) is 1. The van der Waals surface area contributed by atoms with E-state index >= 15 is 0 Å². The van der Waals surface area contributed by atoms with Crippen LogP contribution in [0.15, 0.2) is 0 Å². The van der Waals surface area contributed by atoms with Crippen molar-refractivity contribution in [1.82, 2.24) is 4.90 Å². The molecule has 0 aromatic heterocycles. The number of carbonyl (C=O) groups excluding carboxylic acids is 1. The Hall–Kier alpha value is -0.710. The van der Waals surface area contributed by atoms with Gasteiger partial charge in [0.2, 0.25) is 5.91 Å². The molecule has 2 fully saturated rings. The van der Waals surface area contributed by atoms with E-state index in [2.05, 4.69) is 13.8 Å². The highest BCUT2D eigenvalue weighted by molar-refractivity contribution is 8.00. The van der Waals surface area contributed by atoms with E-state index in [4.69, 9.17) is 5.11 Å². The van der Waals surface area contributed by atoms with Crippen LogP contribution in [0.4, 0.5) is 0 Å². The van der Waals surface area contributed by atoms with E-state index in [0.717, 1.165) is 5.75 Å². The highest BCUT2D eigenvalue weighted by Gasteiger charge is 2.58. The van der Waals surface area contributed by atoms with Crippen LogP contribution >= 0.6 is 11.8 Å².